The summed E-state index contributed by atoms with van der Waals surface area (Å²) >= 11 is 0. The van der Waals surface area contributed by atoms with Crippen molar-refractivity contribution in [3.63, 3.8) is 0 Å². The highest BCUT2D eigenvalue weighted by molar-refractivity contribution is 5.81. The van der Waals surface area contributed by atoms with Crippen molar-refractivity contribution in [3.8, 4) is 12.3 Å². The summed E-state index contributed by atoms with van der Waals surface area (Å²) in [6.07, 6.45) is 7.34. The van der Waals surface area contributed by atoms with Crippen LogP contribution in [0.4, 0.5) is 0 Å². The molecule has 0 aromatic heterocycles. The van der Waals surface area contributed by atoms with Crippen molar-refractivity contribution in [1.82, 2.24) is 10.2 Å². The molecule has 0 heterocycles. The van der Waals surface area contributed by atoms with Crippen LogP contribution >= 0.6 is 0 Å². The van der Waals surface area contributed by atoms with Gasteiger partial charge in [-0.3, -0.25) is 10.1 Å². The zero-order valence-corrected chi connectivity index (χ0v) is 10.9. The fraction of sp³-hybridized carbons (Fsp3) is 0.769. The first-order chi connectivity index (χ1) is 7.60. The normalized spacial score (nSPS) is 13.9. The first-order valence-electron chi connectivity index (χ1n) is 6.11. The third-order valence-corrected chi connectivity index (χ3v) is 2.68. The summed E-state index contributed by atoms with van der Waals surface area (Å²) in [5.74, 6) is 2.81. The summed E-state index contributed by atoms with van der Waals surface area (Å²) in [6.45, 7) is 9.42. The summed E-state index contributed by atoms with van der Waals surface area (Å²) in [6, 6.07) is -0.202. The van der Waals surface area contributed by atoms with Gasteiger partial charge >= 0.3 is 0 Å². The molecule has 0 aromatic carbocycles. The van der Waals surface area contributed by atoms with Gasteiger partial charge in [0.1, 0.15) is 0 Å². The smallest absolute Gasteiger partial charge is 0.239 e. The molecule has 0 aliphatic carbocycles. The minimum atomic E-state index is -0.201. The van der Waals surface area contributed by atoms with Crippen LogP contribution in [0.15, 0.2) is 0 Å². The Hall–Kier alpha value is -1.01. The molecule has 0 rings (SSSR count). The Kier molecular flexibility index (Phi) is 7.66. The Morgan fingerprint density at radius 3 is 2.31 bits per heavy atom. The van der Waals surface area contributed by atoms with Crippen molar-refractivity contribution in [1.29, 1.82) is 0 Å². The van der Waals surface area contributed by atoms with Crippen LogP contribution in [0.1, 0.15) is 40.5 Å². The van der Waals surface area contributed by atoms with E-state index in [4.69, 9.17) is 6.42 Å². The van der Waals surface area contributed by atoms with Crippen molar-refractivity contribution in [2.24, 2.45) is 0 Å². The summed E-state index contributed by atoms with van der Waals surface area (Å²) < 4.78 is 0. The van der Waals surface area contributed by atoms with Gasteiger partial charge in [0.15, 0.2) is 0 Å². The van der Waals surface area contributed by atoms with E-state index in [2.05, 4.69) is 18.2 Å². The molecular formula is C13H24N2O. The number of hydrogen-bond donors (Lipinski definition) is 1. The summed E-state index contributed by atoms with van der Waals surface area (Å²) in [7, 11) is 0. The first-order valence-corrected chi connectivity index (χ1v) is 6.11. The Balaban J connectivity index is 4.28. The van der Waals surface area contributed by atoms with Crippen LogP contribution < -0.4 is 5.32 Å². The average molecular weight is 224 g/mol. The summed E-state index contributed by atoms with van der Waals surface area (Å²) in [5.41, 5.74) is 0. The number of amides is 1. The molecule has 0 bridgehead atoms. The Bertz CT molecular complexity index is 241. The molecule has 16 heavy (non-hydrogen) atoms. The monoisotopic (exact) mass is 224 g/mol. The highest BCUT2D eigenvalue weighted by atomic mass is 16.2. The largest absolute Gasteiger partial charge is 0.342 e. The first kappa shape index (κ1) is 15.0. The number of rotatable bonds is 7. The van der Waals surface area contributed by atoms with Gasteiger partial charge in [0.2, 0.25) is 5.91 Å². The molecule has 0 saturated carbocycles. The lowest BCUT2D eigenvalue weighted by Gasteiger charge is -2.25. The molecule has 3 nitrogen and oxygen atoms in total. The summed E-state index contributed by atoms with van der Waals surface area (Å²) in [4.78, 5) is 13.8. The van der Waals surface area contributed by atoms with E-state index in [0.29, 0.717) is 0 Å². The van der Waals surface area contributed by atoms with E-state index >= 15 is 0 Å². The van der Waals surface area contributed by atoms with Gasteiger partial charge in [-0.2, -0.15) is 0 Å². The van der Waals surface area contributed by atoms with Crippen LogP contribution in [0.2, 0.25) is 0 Å². The van der Waals surface area contributed by atoms with E-state index in [1.807, 2.05) is 25.7 Å². The zero-order valence-electron chi connectivity index (χ0n) is 10.9. The second-order valence-electron chi connectivity index (χ2n) is 3.91. The standard InChI is InChI=1S/C13H24N2O/c1-6-10-12(7-2)14-11(5)13(16)15(8-3)9-4/h2,11-12,14H,6,8-10H2,1,3-5H3. The van der Waals surface area contributed by atoms with E-state index in [0.717, 1.165) is 25.9 Å². The van der Waals surface area contributed by atoms with Crippen molar-refractivity contribution >= 4 is 5.91 Å². The molecule has 0 spiro atoms. The fourth-order valence-electron chi connectivity index (χ4n) is 1.69. The van der Waals surface area contributed by atoms with Crippen LogP contribution in [0, 0.1) is 12.3 Å². The maximum atomic E-state index is 12.0. The van der Waals surface area contributed by atoms with E-state index in [1.54, 1.807) is 0 Å². The number of nitrogens with one attached hydrogen (secondary N) is 1. The number of hydrogen-bond acceptors (Lipinski definition) is 2. The van der Waals surface area contributed by atoms with Crippen LogP contribution in [0.5, 0.6) is 0 Å². The number of terminal acetylenes is 1. The molecular weight excluding hydrogens is 200 g/mol. The lowest BCUT2D eigenvalue weighted by molar-refractivity contribution is -0.132. The van der Waals surface area contributed by atoms with Gasteiger partial charge in [-0.1, -0.05) is 19.3 Å². The number of carbonyl (C=O) groups is 1. The van der Waals surface area contributed by atoms with E-state index in [-0.39, 0.29) is 18.0 Å². The van der Waals surface area contributed by atoms with Gasteiger partial charge in [-0.15, -0.1) is 6.42 Å². The Labute approximate surface area is 99.6 Å². The molecule has 92 valence electrons. The number of carbonyl (C=O) groups excluding carboxylic acids is 1. The Morgan fingerprint density at radius 2 is 1.94 bits per heavy atom. The van der Waals surface area contributed by atoms with Gasteiger partial charge < -0.3 is 4.90 Å². The molecule has 2 unspecified atom stereocenters. The Morgan fingerprint density at radius 1 is 1.38 bits per heavy atom. The molecule has 0 saturated heterocycles. The summed E-state index contributed by atoms with van der Waals surface area (Å²) in [5, 5.41) is 3.19. The maximum Gasteiger partial charge on any atom is 0.239 e. The fourth-order valence-corrected chi connectivity index (χ4v) is 1.69. The van der Waals surface area contributed by atoms with Crippen LogP contribution in [0.25, 0.3) is 0 Å². The molecule has 1 N–H and O–H groups in total. The molecule has 0 radical (unpaired) electrons. The predicted molar refractivity (Wildman–Crippen MR) is 68.1 cm³/mol. The average Bonchev–Trinajstić information content (AvgIpc) is 2.29. The highest BCUT2D eigenvalue weighted by Gasteiger charge is 2.19. The van der Waals surface area contributed by atoms with Gasteiger partial charge in [-0.25, -0.2) is 0 Å². The molecule has 1 amide bonds. The molecule has 0 fully saturated rings. The second kappa shape index (κ2) is 8.18. The van der Waals surface area contributed by atoms with Crippen molar-refractivity contribution in [2.75, 3.05) is 13.1 Å². The maximum absolute atomic E-state index is 12.0. The van der Waals surface area contributed by atoms with E-state index in [9.17, 15) is 4.79 Å². The quantitative estimate of drug-likeness (QED) is 0.667. The zero-order chi connectivity index (χ0) is 12.6. The highest BCUT2D eigenvalue weighted by Crippen LogP contribution is 2.00. The third-order valence-electron chi connectivity index (χ3n) is 2.68. The van der Waals surface area contributed by atoms with Crippen molar-refractivity contribution < 1.29 is 4.79 Å². The number of nitrogens with zero attached hydrogens (tertiary/aromatic N) is 1. The van der Waals surface area contributed by atoms with Gasteiger partial charge in [-0.05, 0) is 27.2 Å². The van der Waals surface area contributed by atoms with E-state index < -0.39 is 0 Å². The van der Waals surface area contributed by atoms with Crippen LogP contribution in [-0.2, 0) is 4.79 Å². The van der Waals surface area contributed by atoms with Crippen LogP contribution in [0.3, 0.4) is 0 Å². The second-order valence-corrected chi connectivity index (χ2v) is 3.91. The molecule has 3 heteroatoms. The minimum Gasteiger partial charge on any atom is -0.342 e. The molecule has 0 aliphatic rings. The van der Waals surface area contributed by atoms with Crippen molar-refractivity contribution in [3.05, 3.63) is 0 Å². The molecule has 2 atom stereocenters. The predicted octanol–water partition coefficient (Wildman–Crippen LogP) is 1.63. The SMILES string of the molecule is C#CC(CCC)NC(C)C(=O)N(CC)CC. The molecule has 0 aromatic rings. The molecule has 0 aliphatic heterocycles. The topological polar surface area (TPSA) is 32.3 Å². The van der Waals surface area contributed by atoms with Gasteiger partial charge in [0.05, 0.1) is 12.1 Å². The van der Waals surface area contributed by atoms with Crippen LogP contribution in [-0.4, -0.2) is 36.0 Å². The van der Waals surface area contributed by atoms with Gasteiger partial charge in [0, 0.05) is 13.1 Å². The lowest BCUT2D eigenvalue weighted by atomic mass is 10.1. The third kappa shape index (κ3) is 4.67. The minimum absolute atomic E-state index is 0.000452. The van der Waals surface area contributed by atoms with Gasteiger partial charge in [0.25, 0.3) is 0 Å². The van der Waals surface area contributed by atoms with Crippen molar-refractivity contribution in [2.45, 2.75) is 52.6 Å². The number of likely N-dealkylation sites (N-methyl/N-ethyl adjacent to an activating group) is 1. The van der Waals surface area contributed by atoms with E-state index in [1.165, 1.54) is 0 Å². The lowest BCUT2D eigenvalue weighted by Crippen LogP contribution is -2.47.